The number of nitrogens with two attached hydrogens (primary N) is 1. The summed E-state index contributed by atoms with van der Waals surface area (Å²) in [6.07, 6.45) is 7.72. The van der Waals surface area contributed by atoms with Crippen LogP contribution in [0.4, 0.5) is 11.5 Å². The van der Waals surface area contributed by atoms with Gasteiger partial charge in [0.25, 0.3) is 5.88 Å². The fourth-order valence-electron chi connectivity index (χ4n) is 5.66. The molecular weight excluding hydrogens is 514 g/mol. The third-order valence-electron chi connectivity index (χ3n) is 8.14. The van der Waals surface area contributed by atoms with Crippen LogP contribution < -0.4 is 15.4 Å². The quantitative estimate of drug-likeness (QED) is 0.395. The van der Waals surface area contributed by atoms with Crippen LogP contribution in [0.5, 0.6) is 11.6 Å². The minimum Gasteiger partial charge on any atom is -0.433 e. The van der Waals surface area contributed by atoms with Crippen LogP contribution in [0, 0.1) is 0 Å². The van der Waals surface area contributed by atoms with E-state index in [1.54, 1.807) is 12.4 Å². The zero-order valence-electron chi connectivity index (χ0n) is 22.8. The lowest BCUT2D eigenvalue weighted by Crippen LogP contribution is -2.47. The third-order valence-corrected chi connectivity index (χ3v) is 8.14. The fourth-order valence-corrected chi connectivity index (χ4v) is 5.66. The topological polar surface area (TPSA) is 144 Å². The van der Waals surface area contributed by atoms with E-state index in [1.165, 1.54) is 0 Å². The molecule has 0 saturated carbocycles. The SMILES string of the molecule is CN1CCC(n2cc(Oc3nc(-c4cc(N5CCOCC5CO)cc(C5(O)CCOC5)c4)cnc3N)cn2)CC1. The van der Waals surface area contributed by atoms with Gasteiger partial charge in [0.2, 0.25) is 0 Å². The number of benzene rings is 1. The molecule has 3 fully saturated rings. The second kappa shape index (κ2) is 11.3. The van der Waals surface area contributed by atoms with E-state index in [2.05, 4.69) is 26.9 Å². The minimum atomic E-state index is -1.12. The second-order valence-corrected chi connectivity index (χ2v) is 10.9. The van der Waals surface area contributed by atoms with Crippen LogP contribution in [-0.2, 0) is 15.1 Å². The second-order valence-electron chi connectivity index (χ2n) is 10.9. The number of nitrogen functional groups attached to an aromatic ring is 1. The number of morpholine rings is 1. The van der Waals surface area contributed by atoms with E-state index in [9.17, 15) is 10.2 Å². The molecular formula is C28H37N7O5. The lowest BCUT2D eigenvalue weighted by molar-refractivity contribution is 0.0232. The zero-order valence-corrected chi connectivity index (χ0v) is 22.8. The van der Waals surface area contributed by atoms with Gasteiger partial charge in [0.05, 0.1) is 62.8 Å². The highest BCUT2D eigenvalue weighted by molar-refractivity contribution is 5.69. The van der Waals surface area contributed by atoms with Crippen LogP contribution in [0.25, 0.3) is 11.3 Å². The lowest BCUT2D eigenvalue weighted by Gasteiger charge is -2.37. The largest absolute Gasteiger partial charge is 0.433 e. The van der Waals surface area contributed by atoms with Crippen molar-refractivity contribution in [2.45, 2.75) is 36.9 Å². The maximum atomic E-state index is 11.4. The zero-order chi connectivity index (χ0) is 27.7. The molecule has 3 aromatic rings. The van der Waals surface area contributed by atoms with Crippen LogP contribution >= 0.6 is 0 Å². The van der Waals surface area contributed by atoms with Crippen LogP contribution in [-0.4, -0.2) is 101 Å². The van der Waals surface area contributed by atoms with E-state index in [0.717, 1.165) is 42.7 Å². The number of aliphatic hydroxyl groups is 2. The molecule has 0 radical (unpaired) electrons. The van der Waals surface area contributed by atoms with Crippen molar-refractivity contribution in [3.63, 3.8) is 0 Å². The number of anilines is 2. The average molecular weight is 552 g/mol. The molecule has 0 spiro atoms. The Hall–Kier alpha value is -3.29. The summed E-state index contributed by atoms with van der Waals surface area (Å²) in [5.41, 5.74) is 7.93. The molecule has 2 unspecified atom stereocenters. The number of aliphatic hydroxyl groups excluding tert-OH is 1. The summed E-state index contributed by atoms with van der Waals surface area (Å²) in [7, 11) is 2.13. The van der Waals surface area contributed by atoms with Gasteiger partial charge in [0.1, 0.15) is 5.60 Å². The van der Waals surface area contributed by atoms with Crippen molar-refractivity contribution >= 4 is 11.5 Å². The molecule has 12 nitrogen and oxygen atoms in total. The fraction of sp³-hybridized carbons (Fsp3) is 0.536. The van der Waals surface area contributed by atoms with Crippen molar-refractivity contribution in [2.24, 2.45) is 0 Å². The molecule has 2 atom stereocenters. The molecule has 4 N–H and O–H groups in total. The maximum absolute atomic E-state index is 11.4. The maximum Gasteiger partial charge on any atom is 0.263 e. The number of likely N-dealkylation sites (tertiary alicyclic amines) is 1. The number of aromatic nitrogens is 4. The number of hydrogen-bond acceptors (Lipinski definition) is 11. The number of rotatable bonds is 7. The van der Waals surface area contributed by atoms with E-state index in [-0.39, 0.29) is 31.0 Å². The Kier molecular flexibility index (Phi) is 7.60. The van der Waals surface area contributed by atoms with E-state index < -0.39 is 5.60 Å². The van der Waals surface area contributed by atoms with E-state index in [1.807, 2.05) is 29.1 Å². The van der Waals surface area contributed by atoms with Crippen LogP contribution in [0.3, 0.4) is 0 Å². The van der Waals surface area contributed by atoms with Crippen LogP contribution in [0.15, 0.2) is 36.8 Å². The molecule has 3 saturated heterocycles. The highest BCUT2D eigenvalue weighted by Gasteiger charge is 2.36. The highest BCUT2D eigenvalue weighted by Crippen LogP contribution is 2.37. The first kappa shape index (κ1) is 26.9. The highest BCUT2D eigenvalue weighted by atomic mass is 16.5. The van der Waals surface area contributed by atoms with Gasteiger partial charge in [-0.2, -0.15) is 5.10 Å². The van der Waals surface area contributed by atoms with Gasteiger partial charge in [0.15, 0.2) is 11.6 Å². The van der Waals surface area contributed by atoms with Gasteiger partial charge in [-0.25, -0.2) is 9.97 Å². The van der Waals surface area contributed by atoms with E-state index in [4.69, 9.17) is 24.9 Å². The summed E-state index contributed by atoms with van der Waals surface area (Å²) in [5, 5.41) is 25.9. The number of ether oxygens (including phenoxy) is 3. The summed E-state index contributed by atoms with van der Waals surface area (Å²) in [6, 6.07) is 6.00. The Labute approximate surface area is 233 Å². The van der Waals surface area contributed by atoms with Gasteiger partial charge in [-0.15, -0.1) is 0 Å². The first-order valence-electron chi connectivity index (χ1n) is 13.9. The van der Waals surface area contributed by atoms with Gasteiger partial charge >= 0.3 is 0 Å². The van der Waals surface area contributed by atoms with Crippen molar-refractivity contribution in [1.82, 2.24) is 24.6 Å². The van der Waals surface area contributed by atoms with E-state index in [0.29, 0.717) is 50.3 Å². The molecule has 6 rings (SSSR count). The van der Waals surface area contributed by atoms with Crippen LogP contribution in [0.2, 0.25) is 0 Å². The molecule has 3 aliphatic heterocycles. The van der Waals surface area contributed by atoms with E-state index >= 15 is 0 Å². The molecule has 5 heterocycles. The number of piperidine rings is 1. The number of nitrogens with zero attached hydrogens (tertiary/aromatic N) is 6. The molecule has 12 heteroatoms. The molecule has 0 amide bonds. The summed E-state index contributed by atoms with van der Waals surface area (Å²) < 4.78 is 19.2. The molecule has 2 aromatic heterocycles. The van der Waals surface area contributed by atoms with Crippen molar-refractivity contribution in [3.05, 3.63) is 42.4 Å². The standard InChI is InChI=1S/C28H37N7O5/c1-33-5-2-21(3-6-33)35-15-24(13-31-35)40-27-26(29)30-14-25(32-27)19-10-20(28(37)4-8-39-18-28)12-22(11-19)34-7-9-38-17-23(34)16-36/h10-15,21,23,36-37H,2-9,16-18H2,1H3,(H2,29,30). The number of hydrogen-bond donors (Lipinski definition) is 3. The first-order chi connectivity index (χ1) is 19.4. The Morgan fingerprint density at radius 3 is 2.75 bits per heavy atom. The monoisotopic (exact) mass is 551 g/mol. The predicted molar refractivity (Wildman–Crippen MR) is 148 cm³/mol. The summed E-state index contributed by atoms with van der Waals surface area (Å²) in [6.45, 7) is 4.32. The molecule has 40 heavy (non-hydrogen) atoms. The molecule has 1 aromatic carbocycles. The van der Waals surface area contributed by atoms with Crippen molar-refractivity contribution in [1.29, 1.82) is 0 Å². The molecule has 0 aliphatic carbocycles. The normalized spacial score (nSPS) is 24.5. The predicted octanol–water partition coefficient (Wildman–Crippen LogP) is 1.79. The lowest BCUT2D eigenvalue weighted by atomic mass is 9.90. The van der Waals surface area contributed by atoms with Gasteiger partial charge in [-0.3, -0.25) is 4.68 Å². The third kappa shape index (κ3) is 5.50. The van der Waals surface area contributed by atoms with Crippen molar-refractivity contribution in [3.8, 4) is 22.9 Å². The van der Waals surface area contributed by atoms with Crippen LogP contribution in [0.1, 0.15) is 30.9 Å². The average Bonchev–Trinajstić information content (AvgIpc) is 3.64. The first-order valence-corrected chi connectivity index (χ1v) is 13.9. The van der Waals surface area contributed by atoms with Gasteiger partial charge in [-0.1, -0.05) is 0 Å². The van der Waals surface area contributed by atoms with Gasteiger partial charge in [-0.05, 0) is 56.7 Å². The van der Waals surface area contributed by atoms with Crippen molar-refractivity contribution < 1.29 is 24.4 Å². The smallest absolute Gasteiger partial charge is 0.263 e. The van der Waals surface area contributed by atoms with Gasteiger partial charge < -0.3 is 40.0 Å². The molecule has 0 bridgehead atoms. The van der Waals surface area contributed by atoms with Crippen molar-refractivity contribution in [2.75, 3.05) is 70.3 Å². The Morgan fingerprint density at radius 2 is 1.98 bits per heavy atom. The molecule has 3 aliphatic rings. The summed E-state index contributed by atoms with van der Waals surface area (Å²) in [5.74, 6) is 0.904. The minimum absolute atomic E-state index is 0.0438. The summed E-state index contributed by atoms with van der Waals surface area (Å²) in [4.78, 5) is 13.5. The Bertz CT molecular complexity index is 1320. The Morgan fingerprint density at radius 1 is 1.12 bits per heavy atom. The van der Waals surface area contributed by atoms with Gasteiger partial charge in [0, 0.05) is 30.8 Å². The Balaban J connectivity index is 1.31. The molecule has 214 valence electrons. The summed E-state index contributed by atoms with van der Waals surface area (Å²) >= 11 is 0.